The van der Waals surface area contributed by atoms with E-state index < -0.39 is 0 Å². The van der Waals surface area contributed by atoms with Crippen LogP contribution in [0.1, 0.15) is 46.9 Å². The van der Waals surface area contributed by atoms with Gasteiger partial charge >= 0.3 is 0 Å². The maximum atomic E-state index is 12.5. The van der Waals surface area contributed by atoms with Gasteiger partial charge < -0.3 is 10.6 Å². The molecule has 1 aromatic carbocycles. The summed E-state index contributed by atoms with van der Waals surface area (Å²) in [6.45, 7) is 2.11. The number of fused-ring (bicyclic) bond motifs is 1. The van der Waals surface area contributed by atoms with E-state index in [9.17, 15) is 9.59 Å². The Hall–Kier alpha value is -2.40. The van der Waals surface area contributed by atoms with Gasteiger partial charge in [-0.3, -0.25) is 14.6 Å². The third kappa shape index (κ3) is 3.90. The minimum atomic E-state index is -0.0565. The molecule has 0 spiro atoms. The Morgan fingerprint density at radius 1 is 1.11 bits per heavy atom. The van der Waals surface area contributed by atoms with Gasteiger partial charge in [0.25, 0.3) is 11.8 Å². The molecule has 2 saturated carbocycles. The number of nitrogens with zero attached hydrogens (tertiary/aromatic N) is 1. The van der Waals surface area contributed by atoms with Crippen molar-refractivity contribution < 1.29 is 9.59 Å². The van der Waals surface area contributed by atoms with Crippen molar-refractivity contribution >= 4 is 23.4 Å². The molecule has 5 nitrogen and oxygen atoms in total. The van der Waals surface area contributed by atoms with E-state index in [-0.39, 0.29) is 23.9 Å². The number of hydrogen-bond acceptors (Lipinski definition) is 3. The van der Waals surface area contributed by atoms with Crippen molar-refractivity contribution in [1.29, 1.82) is 0 Å². The van der Waals surface area contributed by atoms with Gasteiger partial charge in [0.15, 0.2) is 0 Å². The van der Waals surface area contributed by atoms with E-state index in [1.165, 1.54) is 0 Å². The number of hydrogen-bond donors (Lipinski definition) is 2. The van der Waals surface area contributed by atoms with E-state index in [2.05, 4.69) is 22.5 Å². The Labute approximate surface area is 169 Å². The summed E-state index contributed by atoms with van der Waals surface area (Å²) in [5, 5.41) is 6.95. The van der Waals surface area contributed by atoms with Gasteiger partial charge in [-0.2, -0.15) is 0 Å². The van der Waals surface area contributed by atoms with Crippen LogP contribution in [0.4, 0.5) is 0 Å². The molecule has 2 N–H and O–H groups in total. The molecule has 1 aromatic heterocycles. The first-order chi connectivity index (χ1) is 13.6. The highest BCUT2D eigenvalue weighted by atomic mass is 35.5. The van der Waals surface area contributed by atoms with Gasteiger partial charge in [-0.15, -0.1) is 0 Å². The topological polar surface area (TPSA) is 71.1 Å². The third-order valence-electron chi connectivity index (χ3n) is 6.10. The number of halogens is 1. The normalized spacial score (nSPS) is 26.2. The number of benzene rings is 1. The smallest absolute Gasteiger partial charge is 0.253 e. The van der Waals surface area contributed by atoms with Crippen LogP contribution in [0.25, 0.3) is 0 Å². The highest BCUT2D eigenvalue weighted by Gasteiger charge is 2.58. The quantitative estimate of drug-likeness (QED) is 0.780. The van der Waals surface area contributed by atoms with E-state index in [0.29, 0.717) is 33.9 Å². The Bertz CT molecular complexity index is 844. The predicted octanol–water partition coefficient (Wildman–Crippen LogP) is 3.70. The number of aromatic nitrogens is 1. The Morgan fingerprint density at radius 2 is 1.82 bits per heavy atom. The molecule has 0 saturated heterocycles. The minimum Gasteiger partial charge on any atom is -0.349 e. The average Bonchev–Trinajstić information content (AvgIpc) is 3.20. The SMILES string of the molecule is CCC(NC(=O)c1ccc(Cl)cc1)[C@H]1[C@@H]2C[C@@H](NC(=O)c3cccnc3)C[C@@H]21. The third-order valence-corrected chi connectivity index (χ3v) is 6.35. The van der Waals surface area contributed by atoms with E-state index in [0.717, 1.165) is 19.3 Å². The van der Waals surface area contributed by atoms with E-state index in [1.54, 1.807) is 48.8 Å². The Kier molecular flexibility index (Phi) is 5.36. The molecule has 1 unspecified atom stereocenters. The van der Waals surface area contributed by atoms with Crippen LogP contribution in [-0.4, -0.2) is 28.9 Å². The molecule has 6 heteroatoms. The van der Waals surface area contributed by atoms with Crippen LogP contribution >= 0.6 is 11.6 Å². The lowest BCUT2D eigenvalue weighted by Gasteiger charge is -2.22. The fraction of sp³-hybridized carbons (Fsp3) is 0.409. The zero-order chi connectivity index (χ0) is 19.7. The van der Waals surface area contributed by atoms with Crippen LogP contribution in [0, 0.1) is 17.8 Å². The molecule has 2 aromatic rings. The van der Waals surface area contributed by atoms with Gasteiger partial charge in [0.1, 0.15) is 0 Å². The van der Waals surface area contributed by atoms with Gasteiger partial charge in [0, 0.05) is 35.1 Å². The van der Waals surface area contributed by atoms with E-state index >= 15 is 0 Å². The van der Waals surface area contributed by atoms with Crippen molar-refractivity contribution in [2.75, 3.05) is 0 Å². The molecular weight excluding hydrogens is 374 g/mol. The zero-order valence-electron chi connectivity index (χ0n) is 15.8. The summed E-state index contributed by atoms with van der Waals surface area (Å²) >= 11 is 5.90. The van der Waals surface area contributed by atoms with Gasteiger partial charge in [-0.25, -0.2) is 0 Å². The number of pyridine rings is 1. The molecule has 146 valence electrons. The van der Waals surface area contributed by atoms with Crippen LogP contribution < -0.4 is 10.6 Å². The largest absolute Gasteiger partial charge is 0.349 e. The van der Waals surface area contributed by atoms with Crippen LogP contribution in [0.3, 0.4) is 0 Å². The van der Waals surface area contributed by atoms with E-state index in [1.807, 2.05) is 0 Å². The summed E-state index contributed by atoms with van der Waals surface area (Å²) < 4.78 is 0. The molecule has 28 heavy (non-hydrogen) atoms. The Morgan fingerprint density at radius 3 is 2.43 bits per heavy atom. The van der Waals surface area contributed by atoms with Crippen LogP contribution in [0.2, 0.25) is 5.02 Å². The van der Waals surface area contributed by atoms with Crippen molar-refractivity contribution in [1.82, 2.24) is 15.6 Å². The van der Waals surface area contributed by atoms with Gasteiger partial charge in [0.05, 0.1) is 5.56 Å². The lowest BCUT2D eigenvalue weighted by Crippen LogP contribution is -2.39. The molecule has 2 fully saturated rings. The molecule has 0 bridgehead atoms. The summed E-state index contributed by atoms with van der Waals surface area (Å²) in [7, 11) is 0. The average molecular weight is 398 g/mol. The molecule has 0 radical (unpaired) electrons. The minimum absolute atomic E-state index is 0.0464. The zero-order valence-corrected chi connectivity index (χ0v) is 16.5. The standard InChI is InChI=1S/C22H24ClN3O2/c1-2-19(26-21(27)13-5-7-15(23)8-6-13)20-17-10-16(11-18(17)20)25-22(28)14-4-3-9-24-12-14/h3-9,12,16-20H,2,10-11H2,1H3,(H,25,28)(H,26,27)/t16-,17-,18+,19?,20+. The van der Waals surface area contributed by atoms with Crippen molar-refractivity contribution in [2.24, 2.45) is 17.8 Å². The van der Waals surface area contributed by atoms with Crippen molar-refractivity contribution in [2.45, 2.75) is 38.3 Å². The molecule has 4 rings (SSSR count). The van der Waals surface area contributed by atoms with E-state index in [4.69, 9.17) is 11.6 Å². The maximum Gasteiger partial charge on any atom is 0.253 e. The molecule has 5 atom stereocenters. The second-order valence-corrected chi connectivity index (χ2v) is 8.22. The highest BCUT2D eigenvalue weighted by molar-refractivity contribution is 6.30. The summed E-state index contributed by atoms with van der Waals surface area (Å²) in [5.41, 5.74) is 1.23. The molecule has 2 amide bonds. The summed E-state index contributed by atoms with van der Waals surface area (Å²) in [6, 6.07) is 10.9. The first kappa shape index (κ1) is 18.9. The van der Waals surface area contributed by atoms with Gasteiger partial charge in [0.2, 0.25) is 0 Å². The number of rotatable bonds is 6. The molecule has 0 aliphatic heterocycles. The van der Waals surface area contributed by atoms with Gasteiger partial charge in [-0.05, 0) is 73.4 Å². The van der Waals surface area contributed by atoms with Crippen molar-refractivity contribution in [3.63, 3.8) is 0 Å². The lowest BCUT2D eigenvalue weighted by molar-refractivity contribution is 0.0927. The van der Waals surface area contributed by atoms with Crippen LogP contribution in [-0.2, 0) is 0 Å². The summed E-state index contributed by atoms with van der Waals surface area (Å²) in [6.07, 6.45) is 6.12. The van der Waals surface area contributed by atoms with Crippen LogP contribution in [0.15, 0.2) is 48.8 Å². The lowest BCUT2D eigenvalue weighted by atomic mass is 9.99. The maximum absolute atomic E-state index is 12.5. The van der Waals surface area contributed by atoms with Gasteiger partial charge in [-0.1, -0.05) is 18.5 Å². The first-order valence-corrected chi connectivity index (χ1v) is 10.2. The van der Waals surface area contributed by atoms with Crippen molar-refractivity contribution in [3.05, 3.63) is 64.9 Å². The molecule has 2 aliphatic carbocycles. The first-order valence-electron chi connectivity index (χ1n) is 9.84. The molecule has 1 heterocycles. The molecular formula is C22H24ClN3O2. The monoisotopic (exact) mass is 397 g/mol. The number of carbonyl (C=O) groups excluding carboxylic acids is 2. The second-order valence-electron chi connectivity index (χ2n) is 7.78. The fourth-order valence-corrected chi connectivity index (χ4v) is 4.82. The molecule has 2 aliphatic rings. The predicted molar refractivity (Wildman–Crippen MR) is 108 cm³/mol. The number of nitrogens with one attached hydrogen (secondary N) is 2. The van der Waals surface area contributed by atoms with Crippen LogP contribution in [0.5, 0.6) is 0 Å². The second kappa shape index (κ2) is 7.92. The Balaban J connectivity index is 1.30. The number of amides is 2. The highest BCUT2D eigenvalue weighted by Crippen LogP contribution is 2.59. The fourth-order valence-electron chi connectivity index (χ4n) is 4.70. The summed E-state index contributed by atoms with van der Waals surface area (Å²) in [4.78, 5) is 28.8. The number of carbonyl (C=O) groups is 2. The summed E-state index contributed by atoms with van der Waals surface area (Å²) in [5.74, 6) is 1.56. The van der Waals surface area contributed by atoms with Crippen molar-refractivity contribution in [3.8, 4) is 0 Å².